The number of hydrogen-bond donors (Lipinski definition) is 1. The lowest BCUT2D eigenvalue weighted by molar-refractivity contribution is -0.386. The average Bonchev–Trinajstić information content (AvgIpc) is 2.78. The van der Waals surface area contributed by atoms with Crippen LogP contribution in [0, 0.1) is 17.0 Å². The van der Waals surface area contributed by atoms with Crippen LogP contribution < -0.4 is 14.9 Å². The fourth-order valence-corrected chi connectivity index (χ4v) is 2.77. The van der Waals surface area contributed by atoms with Crippen LogP contribution in [-0.4, -0.2) is 29.1 Å². The highest BCUT2D eigenvalue weighted by molar-refractivity contribution is 5.94. The highest BCUT2D eigenvalue weighted by atomic mass is 16.6. The Bertz CT molecular complexity index is 1120. The highest BCUT2D eigenvalue weighted by Crippen LogP contribution is 2.38. The molecule has 0 fully saturated rings. The molecule has 0 bridgehead atoms. The van der Waals surface area contributed by atoms with Crippen LogP contribution in [0.25, 0.3) is 0 Å². The molecule has 1 aromatic heterocycles. The molecule has 9 nitrogen and oxygen atoms in total. The third-order valence-corrected chi connectivity index (χ3v) is 4.43. The van der Waals surface area contributed by atoms with Gasteiger partial charge < -0.3 is 9.47 Å². The van der Waals surface area contributed by atoms with E-state index in [1.807, 2.05) is 31.2 Å². The number of benzene rings is 2. The number of nitro groups is 1. The van der Waals surface area contributed by atoms with Gasteiger partial charge in [-0.25, -0.2) is 5.43 Å². The molecule has 0 radical (unpaired) electrons. The van der Waals surface area contributed by atoms with Crippen LogP contribution in [0.15, 0.2) is 66.0 Å². The quantitative estimate of drug-likeness (QED) is 0.338. The number of carbonyl (C=O) groups excluding carboxylic acids is 1. The predicted molar refractivity (Wildman–Crippen MR) is 114 cm³/mol. The van der Waals surface area contributed by atoms with Gasteiger partial charge in [0.2, 0.25) is 5.75 Å². The van der Waals surface area contributed by atoms with Crippen molar-refractivity contribution in [1.82, 2.24) is 10.4 Å². The largest absolute Gasteiger partial charge is 0.493 e. The number of nitrogens with one attached hydrogen (secondary N) is 1. The van der Waals surface area contributed by atoms with Crippen LogP contribution in [-0.2, 0) is 6.61 Å². The zero-order valence-corrected chi connectivity index (χ0v) is 16.9. The van der Waals surface area contributed by atoms with E-state index in [0.29, 0.717) is 11.1 Å². The molecule has 0 spiro atoms. The van der Waals surface area contributed by atoms with Gasteiger partial charge in [-0.05, 0) is 36.2 Å². The first-order chi connectivity index (χ1) is 15.0. The first kappa shape index (κ1) is 21.4. The summed E-state index contributed by atoms with van der Waals surface area (Å²) < 4.78 is 11.1. The summed E-state index contributed by atoms with van der Waals surface area (Å²) in [4.78, 5) is 27.0. The van der Waals surface area contributed by atoms with Gasteiger partial charge in [-0.15, -0.1) is 0 Å². The van der Waals surface area contributed by atoms with Crippen molar-refractivity contribution >= 4 is 17.8 Å². The molecule has 3 rings (SSSR count). The number of ether oxygens (including phenoxy) is 2. The lowest BCUT2D eigenvalue weighted by Gasteiger charge is -2.13. The number of methoxy groups -OCH3 is 1. The molecule has 158 valence electrons. The Morgan fingerprint density at radius 1 is 1.23 bits per heavy atom. The van der Waals surface area contributed by atoms with Crippen molar-refractivity contribution in [1.29, 1.82) is 0 Å². The average molecular weight is 420 g/mol. The van der Waals surface area contributed by atoms with Crippen molar-refractivity contribution in [2.24, 2.45) is 5.10 Å². The van der Waals surface area contributed by atoms with Gasteiger partial charge in [-0.2, -0.15) is 5.10 Å². The van der Waals surface area contributed by atoms with E-state index in [1.54, 1.807) is 18.2 Å². The van der Waals surface area contributed by atoms with Crippen LogP contribution in [0.1, 0.15) is 27.0 Å². The van der Waals surface area contributed by atoms with E-state index in [9.17, 15) is 14.9 Å². The van der Waals surface area contributed by atoms with Crippen LogP contribution >= 0.6 is 0 Å². The number of nitrogens with zero attached hydrogens (tertiary/aromatic N) is 3. The van der Waals surface area contributed by atoms with Crippen LogP contribution in [0.4, 0.5) is 5.69 Å². The van der Waals surface area contributed by atoms with Gasteiger partial charge in [0, 0.05) is 29.6 Å². The minimum atomic E-state index is -0.553. The summed E-state index contributed by atoms with van der Waals surface area (Å²) in [7, 11) is 1.39. The first-order valence-electron chi connectivity index (χ1n) is 9.26. The number of aromatic nitrogens is 1. The molecule has 31 heavy (non-hydrogen) atoms. The van der Waals surface area contributed by atoms with Crippen molar-refractivity contribution in [2.45, 2.75) is 13.5 Å². The first-order valence-corrected chi connectivity index (χ1v) is 9.26. The van der Waals surface area contributed by atoms with E-state index in [-0.39, 0.29) is 23.8 Å². The molecule has 0 aliphatic carbocycles. The molecule has 0 atom stereocenters. The van der Waals surface area contributed by atoms with Crippen molar-refractivity contribution in [3.63, 3.8) is 0 Å². The monoisotopic (exact) mass is 420 g/mol. The van der Waals surface area contributed by atoms with Crippen molar-refractivity contribution in [3.8, 4) is 11.5 Å². The number of hydrazone groups is 1. The van der Waals surface area contributed by atoms with Crippen LogP contribution in [0.5, 0.6) is 11.5 Å². The molecule has 0 saturated carbocycles. The lowest BCUT2D eigenvalue weighted by Crippen LogP contribution is -2.17. The lowest BCUT2D eigenvalue weighted by atomic mass is 10.1. The molecular weight excluding hydrogens is 400 g/mol. The van der Waals surface area contributed by atoms with E-state index in [0.717, 1.165) is 11.1 Å². The minimum Gasteiger partial charge on any atom is -0.493 e. The minimum absolute atomic E-state index is 0.0220. The maximum atomic E-state index is 12.0. The fraction of sp³-hybridized carbons (Fsp3) is 0.136. The van der Waals surface area contributed by atoms with E-state index in [2.05, 4.69) is 15.5 Å². The second-order valence-electron chi connectivity index (χ2n) is 6.48. The number of pyridine rings is 1. The van der Waals surface area contributed by atoms with Crippen LogP contribution in [0.3, 0.4) is 0 Å². The second-order valence-corrected chi connectivity index (χ2v) is 6.48. The summed E-state index contributed by atoms with van der Waals surface area (Å²) in [5.74, 6) is -0.225. The third-order valence-electron chi connectivity index (χ3n) is 4.43. The van der Waals surface area contributed by atoms with Crippen molar-refractivity contribution in [3.05, 3.63) is 93.3 Å². The summed E-state index contributed by atoms with van der Waals surface area (Å²) in [6, 6.07) is 13.5. The molecule has 0 saturated heterocycles. The zero-order valence-electron chi connectivity index (χ0n) is 16.9. The molecule has 1 N–H and O–H groups in total. The predicted octanol–water partition coefficient (Wildman–Crippen LogP) is 3.65. The normalized spacial score (nSPS) is 10.6. The number of aryl methyl sites for hydroxylation is 1. The van der Waals surface area contributed by atoms with E-state index in [4.69, 9.17) is 9.47 Å². The Balaban J connectivity index is 1.81. The Kier molecular flexibility index (Phi) is 6.89. The summed E-state index contributed by atoms with van der Waals surface area (Å²) in [6.07, 6.45) is 4.27. The summed E-state index contributed by atoms with van der Waals surface area (Å²) in [6.45, 7) is 2.09. The van der Waals surface area contributed by atoms with Crippen LogP contribution in [0.2, 0.25) is 0 Å². The standard InChI is InChI=1S/C22H20N4O5/c1-15-5-3-4-6-18(15)14-31-21-19(26(28)29)11-16(12-20(21)30-2)13-24-25-22(27)17-7-9-23-10-8-17/h3-13H,14H2,1-2H3,(H,25,27)/b24-13-. The van der Waals surface area contributed by atoms with Gasteiger partial charge in [0.25, 0.3) is 5.91 Å². The fourth-order valence-electron chi connectivity index (χ4n) is 2.77. The second kappa shape index (κ2) is 9.97. The zero-order chi connectivity index (χ0) is 22.2. The van der Waals surface area contributed by atoms with Gasteiger partial charge >= 0.3 is 5.69 Å². The molecule has 9 heteroatoms. The topological polar surface area (TPSA) is 116 Å². The summed E-state index contributed by atoms with van der Waals surface area (Å²) in [5, 5.41) is 15.5. The van der Waals surface area contributed by atoms with E-state index in [1.165, 1.54) is 31.8 Å². The Hall–Kier alpha value is -4.27. The van der Waals surface area contributed by atoms with Crippen molar-refractivity contribution < 1.29 is 19.2 Å². The molecule has 3 aromatic rings. The van der Waals surface area contributed by atoms with E-state index >= 15 is 0 Å². The van der Waals surface area contributed by atoms with Gasteiger partial charge in [0.1, 0.15) is 6.61 Å². The molecule has 0 aliphatic rings. The molecule has 1 heterocycles. The third kappa shape index (κ3) is 5.41. The van der Waals surface area contributed by atoms with Crippen molar-refractivity contribution in [2.75, 3.05) is 7.11 Å². The maximum Gasteiger partial charge on any atom is 0.315 e. The molecule has 2 aromatic carbocycles. The van der Waals surface area contributed by atoms with E-state index < -0.39 is 10.8 Å². The smallest absolute Gasteiger partial charge is 0.315 e. The summed E-state index contributed by atoms with van der Waals surface area (Å²) >= 11 is 0. The van der Waals surface area contributed by atoms with Gasteiger partial charge in [-0.1, -0.05) is 24.3 Å². The van der Waals surface area contributed by atoms with Gasteiger partial charge in [0.05, 0.1) is 18.2 Å². The Labute approximate surface area is 178 Å². The number of amides is 1. The molecule has 1 amide bonds. The molecule has 0 unspecified atom stereocenters. The number of hydrogen-bond acceptors (Lipinski definition) is 7. The van der Waals surface area contributed by atoms with Gasteiger partial charge in [-0.3, -0.25) is 19.9 Å². The molecule has 0 aliphatic heterocycles. The maximum absolute atomic E-state index is 12.0. The highest BCUT2D eigenvalue weighted by Gasteiger charge is 2.22. The Morgan fingerprint density at radius 3 is 2.65 bits per heavy atom. The SMILES string of the molecule is COc1cc(/C=N\NC(=O)c2ccncc2)cc([N+](=O)[O-])c1OCc1ccccc1C. The number of nitro benzene ring substituents is 1. The summed E-state index contributed by atoms with van der Waals surface area (Å²) in [5.41, 5.74) is 4.76. The molecular formula is C22H20N4O5. The van der Waals surface area contributed by atoms with Gasteiger partial charge in [0.15, 0.2) is 5.75 Å². The Morgan fingerprint density at radius 2 is 1.97 bits per heavy atom. The number of carbonyl (C=O) groups is 1. The number of rotatable bonds is 8.